The topological polar surface area (TPSA) is 60.2 Å². The van der Waals surface area contributed by atoms with Gasteiger partial charge in [-0.2, -0.15) is 0 Å². The first kappa shape index (κ1) is 6.28. The van der Waals surface area contributed by atoms with Crippen molar-refractivity contribution in [3.05, 3.63) is 12.0 Å². The summed E-state index contributed by atoms with van der Waals surface area (Å²) in [7, 11) is -2.54. The minimum atomic E-state index is -2.54. The van der Waals surface area contributed by atoms with E-state index in [0.717, 1.165) is 0 Å². The van der Waals surface area contributed by atoms with Gasteiger partial charge in [-0.15, -0.1) is 0 Å². The van der Waals surface area contributed by atoms with E-state index in [9.17, 15) is 8.42 Å². The molecule has 0 spiro atoms. The summed E-state index contributed by atoms with van der Waals surface area (Å²) >= 11 is 0. The van der Waals surface area contributed by atoms with Gasteiger partial charge in [0.25, 0.3) is 0 Å². The molecule has 0 amide bonds. The first-order valence-electron chi connectivity index (χ1n) is 2.27. The van der Waals surface area contributed by atoms with E-state index < -0.39 is 10.7 Å². The Kier molecular flexibility index (Phi) is 1.52. The number of nitrogens with zero attached hydrogens (tertiary/aromatic N) is 1. The van der Waals surface area contributed by atoms with Crippen LogP contribution in [0.5, 0.6) is 0 Å². The van der Waals surface area contributed by atoms with Crippen LogP contribution < -0.4 is 0 Å². The summed E-state index contributed by atoms with van der Waals surface area (Å²) in [4.78, 5) is 0.157. The predicted octanol–water partition coefficient (Wildman–Crippen LogP) is -0.0467. The van der Waals surface area contributed by atoms with Crippen LogP contribution in [0, 0.1) is 6.92 Å². The quantitative estimate of drug-likeness (QED) is 0.566. The second kappa shape index (κ2) is 2.18. The largest absolute Gasteiger partial charge is 0.360 e. The molecule has 1 aromatic rings. The van der Waals surface area contributed by atoms with Gasteiger partial charge in [0.05, 0.1) is 6.20 Å². The monoisotopic (exact) mass is 147 g/mol. The van der Waals surface area contributed by atoms with Crippen LogP contribution in [0.1, 0.15) is 5.76 Å². The van der Waals surface area contributed by atoms with Crippen LogP contribution in [0.15, 0.2) is 15.6 Å². The zero-order valence-electron chi connectivity index (χ0n) is 4.70. The van der Waals surface area contributed by atoms with E-state index in [1.54, 1.807) is 6.92 Å². The van der Waals surface area contributed by atoms with Crippen LogP contribution in [-0.4, -0.2) is 13.6 Å². The maximum absolute atomic E-state index is 10.2. The molecule has 9 heavy (non-hydrogen) atoms. The van der Waals surface area contributed by atoms with Crippen LogP contribution in [0.3, 0.4) is 0 Å². The molecule has 4 nitrogen and oxygen atoms in total. The van der Waals surface area contributed by atoms with Gasteiger partial charge < -0.3 is 4.52 Å². The van der Waals surface area contributed by atoms with Gasteiger partial charge in [0, 0.05) is 0 Å². The molecule has 0 aromatic carbocycles. The predicted molar refractivity (Wildman–Crippen MR) is 29.8 cm³/mol. The molecular formula is C4H5NO3S. The third-order valence-corrected chi connectivity index (χ3v) is 1.75. The number of thiol groups is 1. The SMILES string of the molecule is Cc1oncc1[SH](=O)=O. The lowest BCUT2D eigenvalue weighted by atomic mass is 10.5. The second-order valence-corrected chi connectivity index (χ2v) is 2.52. The van der Waals surface area contributed by atoms with E-state index in [4.69, 9.17) is 0 Å². The lowest BCUT2D eigenvalue weighted by Gasteiger charge is -1.77. The number of aryl methyl sites for hydroxylation is 1. The number of hydrogen-bond acceptors (Lipinski definition) is 4. The van der Waals surface area contributed by atoms with Crippen molar-refractivity contribution in [1.29, 1.82) is 0 Å². The smallest absolute Gasteiger partial charge is 0.173 e. The number of aromatic nitrogens is 1. The summed E-state index contributed by atoms with van der Waals surface area (Å²) < 4.78 is 24.9. The van der Waals surface area contributed by atoms with Gasteiger partial charge in [0.2, 0.25) is 0 Å². The van der Waals surface area contributed by atoms with Gasteiger partial charge in [-0.05, 0) is 6.92 Å². The highest BCUT2D eigenvalue weighted by atomic mass is 32.2. The second-order valence-electron chi connectivity index (χ2n) is 1.52. The van der Waals surface area contributed by atoms with Crippen molar-refractivity contribution in [3.63, 3.8) is 0 Å². The first-order valence-corrected chi connectivity index (χ1v) is 3.45. The van der Waals surface area contributed by atoms with Crippen LogP contribution in [0.25, 0.3) is 0 Å². The molecule has 0 aliphatic heterocycles. The fourth-order valence-electron chi connectivity index (χ4n) is 0.469. The van der Waals surface area contributed by atoms with Crippen LogP contribution in [0.2, 0.25) is 0 Å². The molecule has 1 heterocycles. The molecule has 0 aliphatic rings. The Balaban J connectivity index is 3.23. The molecule has 0 aliphatic carbocycles. The minimum absolute atomic E-state index is 0.157. The maximum atomic E-state index is 10.2. The Morgan fingerprint density at radius 2 is 2.33 bits per heavy atom. The van der Waals surface area contributed by atoms with Gasteiger partial charge in [-0.3, -0.25) is 0 Å². The molecule has 5 heteroatoms. The van der Waals surface area contributed by atoms with Gasteiger partial charge in [-0.1, -0.05) is 5.16 Å². The van der Waals surface area contributed by atoms with Crippen molar-refractivity contribution < 1.29 is 12.9 Å². The van der Waals surface area contributed by atoms with Crippen LogP contribution in [0.4, 0.5) is 0 Å². The molecule has 1 aromatic heterocycles. The van der Waals surface area contributed by atoms with Gasteiger partial charge >= 0.3 is 0 Å². The standard InChI is InChI=1S/C4H5NO3S/c1-3-4(9(6)7)2-5-8-3/h2,9H,1H3. The highest BCUT2D eigenvalue weighted by molar-refractivity contribution is 7.72. The van der Waals surface area contributed by atoms with E-state index in [2.05, 4.69) is 9.68 Å². The van der Waals surface area contributed by atoms with Crippen molar-refractivity contribution in [2.24, 2.45) is 0 Å². The summed E-state index contributed by atoms with van der Waals surface area (Å²) in [6, 6.07) is 0. The molecule has 0 radical (unpaired) electrons. The fourth-order valence-corrected chi connectivity index (χ4v) is 0.908. The molecule has 0 N–H and O–H groups in total. The lowest BCUT2D eigenvalue weighted by Crippen LogP contribution is -1.76. The summed E-state index contributed by atoms with van der Waals surface area (Å²) in [5.74, 6) is 0.339. The molecular weight excluding hydrogens is 142 g/mol. The average Bonchev–Trinajstić information content (AvgIpc) is 2.13. The molecule has 0 unspecified atom stereocenters. The zero-order valence-corrected chi connectivity index (χ0v) is 5.59. The highest BCUT2D eigenvalue weighted by Crippen LogP contribution is 2.05. The first-order chi connectivity index (χ1) is 4.22. The van der Waals surface area contributed by atoms with Gasteiger partial charge in [-0.25, -0.2) is 8.42 Å². The van der Waals surface area contributed by atoms with E-state index in [0.29, 0.717) is 5.76 Å². The van der Waals surface area contributed by atoms with Crippen molar-refractivity contribution in [2.45, 2.75) is 11.8 Å². The van der Waals surface area contributed by atoms with Crippen molar-refractivity contribution in [2.75, 3.05) is 0 Å². The minimum Gasteiger partial charge on any atom is -0.360 e. The lowest BCUT2D eigenvalue weighted by molar-refractivity contribution is 0.394. The summed E-state index contributed by atoms with van der Waals surface area (Å²) in [6.45, 7) is 1.55. The zero-order chi connectivity index (χ0) is 6.85. The fraction of sp³-hybridized carbons (Fsp3) is 0.250. The third kappa shape index (κ3) is 1.10. The van der Waals surface area contributed by atoms with E-state index in [1.807, 2.05) is 0 Å². The maximum Gasteiger partial charge on any atom is 0.173 e. The van der Waals surface area contributed by atoms with Crippen molar-refractivity contribution >= 4 is 10.7 Å². The Morgan fingerprint density at radius 1 is 1.67 bits per heavy atom. The highest BCUT2D eigenvalue weighted by Gasteiger charge is 2.02. The summed E-state index contributed by atoms with van der Waals surface area (Å²) in [5.41, 5.74) is 0. The van der Waals surface area contributed by atoms with Gasteiger partial charge in [0.15, 0.2) is 16.5 Å². The summed E-state index contributed by atoms with van der Waals surface area (Å²) in [5, 5.41) is 3.28. The van der Waals surface area contributed by atoms with Crippen molar-refractivity contribution in [1.82, 2.24) is 5.16 Å². The number of rotatable bonds is 1. The molecule has 0 saturated carbocycles. The van der Waals surface area contributed by atoms with Crippen LogP contribution >= 0.6 is 0 Å². The third-order valence-electron chi connectivity index (χ3n) is 0.922. The Bertz CT molecular complexity index is 267. The van der Waals surface area contributed by atoms with E-state index >= 15 is 0 Å². The normalized spacial score (nSPS) is 10.4. The Hall–Kier alpha value is -0.840. The molecule has 0 fully saturated rings. The Labute approximate surface area is 53.4 Å². The molecule has 0 saturated heterocycles. The van der Waals surface area contributed by atoms with E-state index in [1.165, 1.54) is 6.20 Å². The summed E-state index contributed by atoms with van der Waals surface area (Å²) in [6.07, 6.45) is 1.18. The number of hydrogen-bond donors (Lipinski definition) is 1. The molecule has 1 rings (SSSR count). The van der Waals surface area contributed by atoms with Gasteiger partial charge in [0.1, 0.15) is 4.90 Å². The average molecular weight is 147 g/mol. The molecule has 50 valence electrons. The van der Waals surface area contributed by atoms with Crippen LogP contribution in [-0.2, 0) is 10.7 Å². The molecule has 0 bridgehead atoms. The molecule has 0 atom stereocenters. The van der Waals surface area contributed by atoms with Crippen molar-refractivity contribution in [3.8, 4) is 0 Å². The Morgan fingerprint density at radius 3 is 2.56 bits per heavy atom. The van der Waals surface area contributed by atoms with E-state index in [-0.39, 0.29) is 4.90 Å².